The third-order valence-electron chi connectivity index (χ3n) is 4.40. The predicted molar refractivity (Wildman–Crippen MR) is 90.6 cm³/mol. The molecule has 1 aromatic carbocycles. The van der Waals surface area contributed by atoms with Gasteiger partial charge in [0.25, 0.3) is 0 Å². The molecule has 0 aliphatic carbocycles. The maximum absolute atomic E-state index is 12.8. The molecule has 1 fully saturated rings. The van der Waals surface area contributed by atoms with Gasteiger partial charge in [-0.3, -0.25) is 4.79 Å². The summed E-state index contributed by atoms with van der Waals surface area (Å²) in [6, 6.07) is 4.93. The van der Waals surface area contributed by atoms with Gasteiger partial charge in [-0.05, 0) is 50.3 Å². The van der Waals surface area contributed by atoms with Crippen LogP contribution < -0.4 is 11.1 Å². The minimum Gasteiger partial charge on any atom is -0.328 e. The van der Waals surface area contributed by atoms with Crippen LogP contribution in [0.2, 0.25) is 0 Å². The number of benzene rings is 1. The first kappa shape index (κ1) is 17.9. The van der Waals surface area contributed by atoms with Gasteiger partial charge in [0.15, 0.2) is 0 Å². The molecule has 1 aromatic rings. The fourth-order valence-electron chi connectivity index (χ4n) is 2.88. The van der Waals surface area contributed by atoms with Crippen molar-refractivity contribution in [2.45, 2.75) is 44.6 Å². The number of hydrogen-bond donors (Lipinski definition) is 2. The van der Waals surface area contributed by atoms with E-state index in [0.29, 0.717) is 24.7 Å². The molecule has 0 aromatic heterocycles. The van der Waals surface area contributed by atoms with Crippen LogP contribution in [-0.2, 0) is 14.8 Å². The van der Waals surface area contributed by atoms with Crippen molar-refractivity contribution in [1.82, 2.24) is 4.31 Å². The van der Waals surface area contributed by atoms with Crippen LogP contribution in [0, 0.1) is 12.8 Å². The van der Waals surface area contributed by atoms with Crippen LogP contribution >= 0.6 is 0 Å². The average molecular weight is 339 g/mol. The van der Waals surface area contributed by atoms with Gasteiger partial charge in [-0.25, -0.2) is 8.42 Å². The van der Waals surface area contributed by atoms with Crippen molar-refractivity contribution in [2.75, 3.05) is 18.4 Å². The van der Waals surface area contributed by atoms with Crippen LogP contribution in [0.4, 0.5) is 5.69 Å². The third kappa shape index (κ3) is 4.10. The Bertz CT molecular complexity index is 678. The van der Waals surface area contributed by atoms with Gasteiger partial charge in [0, 0.05) is 31.7 Å². The SMILES string of the molecule is CC(=O)Nc1cc(S(=O)(=O)N2CCC(C(C)N)CC2)ccc1C. The number of rotatable bonds is 4. The molecule has 0 spiro atoms. The molecule has 0 radical (unpaired) electrons. The number of hydrogen-bond acceptors (Lipinski definition) is 4. The van der Waals surface area contributed by atoms with Crippen LogP contribution in [0.3, 0.4) is 0 Å². The number of amides is 1. The number of aryl methyl sites for hydroxylation is 1. The van der Waals surface area contributed by atoms with E-state index in [1.807, 2.05) is 13.8 Å². The number of piperidine rings is 1. The number of nitrogens with one attached hydrogen (secondary N) is 1. The maximum Gasteiger partial charge on any atom is 0.243 e. The van der Waals surface area contributed by atoms with E-state index in [0.717, 1.165) is 18.4 Å². The Labute approximate surface area is 138 Å². The van der Waals surface area contributed by atoms with E-state index in [1.54, 1.807) is 12.1 Å². The molecule has 1 aliphatic heterocycles. The first-order chi connectivity index (χ1) is 10.7. The van der Waals surface area contributed by atoms with Gasteiger partial charge in [0.05, 0.1) is 4.90 Å². The largest absolute Gasteiger partial charge is 0.328 e. The summed E-state index contributed by atoms with van der Waals surface area (Å²) in [4.78, 5) is 11.5. The van der Waals surface area contributed by atoms with Crippen molar-refractivity contribution in [3.05, 3.63) is 23.8 Å². The lowest BCUT2D eigenvalue weighted by atomic mass is 9.92. The fourth-order valence-corrected chi connectivity index (χ4v) is 4.37. The summed E-state index contributed by atoms with van der Waals surface area (Å²) in [6.45, 7) is 6.17. The van der Waals surface area contributed by atoms with Crippen LogP contribution in [0.15, 0.2) is 23.1 Å². The topological polar surface area (TPSA) is 92.5 Å². The third-order valence-corrected chi connectivity index (χ3v) is 6.29. The van der Waals surface area contributed by atoms with E-state index in [1.165, 1.54) is 17.3 Å². The number of nitrogens with two attached hydrogens (primary N) is 1. The lowest BCUT2D eigenvalue weighted by molar-refractivity contribution is -0.114. The Kier molecular flexibility index (Phi) is 5.44. The highest BCUT2D eigenvalue weighted by molar-refractivity contribution is 7.89. The standard InChI is InChI=1S/C16H25N3O3S/c1-11-4-5-15(10-16(11)18-13(3)20)23(21,22)19-8-6-14(7-9-19)12(2)17/h4-5,10,12,14H,6-9,17H2,1-3H3,(H,18,20). The van der Waals surface area contributed by atoms with Gasteiger partial charge < -0.3 is 11.1 Å². The summed E-state index contributed by atoms with van der Waals surface area (Å²) in [5.41, 5.74) is 7.27. The van der Waals surface area contributed by atoms with Gasteiger partial charge >= 0.3 is 0 Å². The second-order valence-electron chi connectivity index (χ2n) is 6.26. The number of anilines is 1. The van der Waals surface area contributed by atoms with Gasteiger partial charge in [0.1, 0.15) is 0 Å². The Morgan fingerprint density at radius 1 is 1.35 bits per heavy atom. The molecule has 1 aliphatic rings. The quantitative estimate of drug-likeness (QED) is 0.873. The molecular formula is C16H25N3O3S. The zero-order chi connectivity index (χ0) is 17.2. The van der Waals surface area contributed by atoms with Gasteiger partial charge in [-0.15, -0.1) is 0 Å². The second kappa shape index (κ2) is 6.98. The smallest absolute Gasteiger partial charge is 0.243 e. The lowest BCUT2D eigenvalue weighted by Crippen LogP contribution is -2.42. The van der Waals surface area contributed by atoms with E-state index in [-0.39, 0.29) is 16.8 Å². The Morgan fingerprint density at radius 2 is 1.96 bits per heavy atom. The highest BCUT2D eigenvalue weighted by atomic mass is 32.2. The normalized spacial score (nSPS) is 18.6. The molecule has 1 saturated heterocycles. The molecule has 1 heterocycles. The van der Waals surface area contributed by atoms with Crippen LogP contribution in [0.1, 0.15) is 32.3 Å². The molecule has 7 heteroatoms. The Balaban J connectivity index is 2.22. The van der Waals surface area contributed by atoms with Crippen LogP contribution in [0.5, 0.6) is 0 Å². The monoisotopic (exact) mass is 339 g/mol. The molecule has 0 bridgehead atoms. The minimum atomic E-state index is -3.54. The van der Waals surface area contributed by atoms with E-state index >= 15 is 0 Å². The summed E-state index contributed by atoms with van der Waals surface area (Å²) >= 11 is 0. The fraction of sp³-hybridized carbons (Fsp3) is 0.562. The Hall–Kier alpha value is -1.44. The first-order valence-electron chi connectivity index (χ1n) is 7.86. The molecule has 128 valence electrons. The molecule has 1 atom stereocenters. The summed E-state index contributed by atoms with van der Waals surface area (Å²) < 4.78 is 27.1. The summed E-state index contributed by atoms with van der Waals surface area (Å²) in [5.74, 6) is 0.148. The molecule has 6 nitrogen and oxygen atoms in total. The number of nitrogens with zero attached hydrogens (tertiary/aromatic N) is 1. The number of sulfonamides is 1. The van der Waals surface area contributed by atoms with Gasteiger partial charge in [-0.1, -0.05) is 6.07 Å². The summed E-state index contributed by atoms with van der Waals surface area (Å²) in [6.07, 6.45) is 1.56. The van der Waals surface area contributed by atoms with E-state index in [4.69, 9.17) is 5.73 Å². The summed E-state index contributed by atoms with van der Waals surface area (Å²) in [7, 11) is -3.54. The highest BCUT2D eigenvalue weighted by Crippen LogP contribution is 2.27. The second-order valence-corrected chi connectivity index (χ2v) is 8.20. The van der Waals surface area contributed by atoms with Crippen molar-refractivity contribution in [1.29, 1.82) is 0 Å². The van der Waals surface area contributed by atoms with Crippen molar-refractivity contribution in [3.63, 3.8) is 0 Å². The molecule has 0 saturated carbocycles. The van der Waals surface area contributed by atoms with Crippen molar-refractivity contribution in [2.24, 2.45) is 11.7 Å². The van der Waals surface area contributed by atoms with Crippen LogP contribution in [-0.4, -0.2) is 37.8 Å². The van der Waals surface area contributed by atoms with Crippen molar-refractivity contribution >= 4 is 21.6 Å². The first-order valence-corrected chi connectivity index (χ1v) is 9.30. The van der Waals surface area contributed by atoms with Crippen LogP contribution in [0.25, 0.3) is 0 Å². The zero-order valence-corrected chi connectivity index (χ0v) is 14.7. The average Bonchev–Trinajstić information content (AvgIpc) is 2.49. The molecule has 23 heavy (non-hydrogen) atoms. The minimum absolute atomic E-state index is 0.0885. The molecule has 1 amide bonds. The molecule has 1 unspecified atom stereocenters. The number of carbonyl (C=O) groups excluding carboxylic acids is 1. The van der Waals surface area contributed by atoms with Gasteiger partial charge in [-0.2, -0.15) is 4.31 Å². The predicted octanol–water partition coefficient (Wildman–Crippen LogP) is 1.70. The molecule has 3 N–H and O–H groups in total. The van der Waals surface area contributed by atoms with Gasteiger partial charge in [0.2, 0.25) is 15.9 Å². The zero-order valence-electron chi connectivity index (χ0n) is 13.9. The van der Waals surface area contributed by atoms with Crippen molar-refractivity contribution < 1.29 is 13.2 Å². The molecule has 2 rings (SSSR count). The molecular weight excluding hydrogens is 314 g/mol. The number of carbonyl (C=O) groups is 1. The van der Waals surface area contributed by atoms with E-state index in [9.17, 15) is 13.2 Å². The lowest BCUT2D eigenvalue weighted by Gasteiger charge is -2.33. The Morgan fingerprint density at radius 3 is 2.48 bits per heavy atom. The highest BCUT2D eigenvalue weighted by Gasteiger charge is 2.30. The van der Waals surface area contributed by atoms with E-state index in [2.05, 4.69) is 5.32 Å². The van der Waals surface area contributed by atoms with Crippen molar-refractivity contribution in [3.8, 4) is 0 Å². The summed E-state index contributed by atoms with van der Waals surface area (Å²) in [5, 5.41) is 2.67. The van der Waals surface area contributed by atoms with E-state index < -0.39 is 10.0 Å². The maximum atomic E-state index is 12.8.